The Balaban J connectivity index is 2.57. The summed E-state index contributed by atoms with van der Waals surface area (Å²) in [5, 5.41) is 5.74. The minimum atomic E-state index is 0.412. The zero-order valence-electron chi connectivity index (χ0n) is 6.46. The van der Waals surface area contributed by atoms with E-state index in [0.717, 1.165) is 10.2 Å². The summed E-state index contributed by atoms with van der Waals surface area (Å²) in [6.45, 7) is 0. The highest BCUT2D eigenvalue weighted by Crippen LogP contribution is 2.15. The first-order chi connectivity index (χ1) is 5.68. The summed E-state index contributed by atoms with van der Waals surface area (Å²) in [5.74, 6) is 0.821. The second-order valence-corrected chi connectivity index (χ2v) is 4.29. The van der Waals surface area contributed by atoms with Gasteiger partial charge >= 0.3 is 0 Å². The summed E-state index contributed by atoms with van der Waals surface area (Å²) in [6, 6.07) is 8.08. The van der Waals surface area contributed by atoms with Crippen molar-refractivity contribution in [3.05, 3.63) is 34.3 Å². The molecule has 0 radical (unpaired) electrons. The average Bonchev–Trinajstić information content (AvgIpc) is 2.01. The molecule has 0 saturated heterocycles. The van der Waals surface area contributed by atoms with Gasteiger partial charge in [-0.1, -0.05) is 28.1 Å². The molecule has 0 aromatic heterocycles. The van der Waals surface area contributed by atoms with E-state index < -0.39 is 0 Å². The molecule has 2 nitrogen and oxygen atoms in total. The van der Waals surface area contributed by atoms with Gasteiger partial charge in [0.2, 0.25) is 0 Å². The molecule has 0 fully saturated rings. The third-order valence-electron chi connectivity index (χ3n) is 1.29. The molecule has 64 valence electrons. The summed E-state index contributed by atoms with van der Waals surface area (Å²) < 4.78 is 1.08. The molecule has 0 saturated carbocycles. The Morgan fingerprint density at radius 1 is 1.58 bits per heavy atom. The molecule has 4 heteroatoms. The van der Waals surface area contributed by atoms with E-state index in [-0.39, 0.29) is 0 Å². The van der Waals surface area contributed by atoms with Gasteiger partial charge in [0.1, 0.15) is 0 Å². The largest absolute Gasteiger partial charge is 0.300 e. The Morgan fingerprint density at radius 3 is 2.92 bits per heavy atom. The molecule has 1 rings (SSSR count). The number of rotatable bonds is 2. The Bertz CT molecular complexity index is 288. The van der Waals surface area contributed by atoms with Crippen LogP contribution in [0.1, 0.15) is 5.56 Å². The predicted octanol–water partition coefficient (Wildman–Crippen LogP) is 0.756. The summed E-state index contributed by atoms with van der Waals surface area (Å²) >= 11 is 4.84. The van der Waals surface area contributed by atoms with Gasteiger partial charge < -0.3 is 0 Å². The van der Waals surface area contributed by atoms with Crippen LogP contribution in [0.25, 0.3) is 0 Å². The highest BCUT2D eigenvalue weighted by molar-refractivity contribution is 9.10. The lowest BCUT2D eigenvalue weighted by molar-refractivity contribution is -0.110. The number of amidine groups is 1. The Hall–Kier alpha value is -0.480. The van der Waals surface area contributed by atoms with Crippen LogP contribution in [0.15, 0.2) is 28.7 Å². The van der Waals surface area contributed by atoms with E-state index in [2.05, 4.69) is 22.0 Å². The summed E-state index contributed by atoms with van der Waals surface area (Å²) in [6.07, 6.45) is 0. The van der Waals surface area contributed by atoms with Gasteiger partial charge in [-0.25, -0.2) is 0 Å². The lowest BCUT2D eigenvalue weighted by Gasteiger charge is -1.97. The zero-order chi connectivity index (χ0) is 8.97. The topological polar surface area (TPSA) is 51.6 Å². The fraction of sp³-hybridized carbons (Fsp3) is 0.125. The number of thioether (sulfide) groups is 1. The van der Waals surface area contributed by atoms with E-state index in [1.807, 2.05) is 18.2 Å². The lowest BCUT2D eigenvalue weighted by atomic mass is 10.2. The fourth-order valence-corrected chi connectivity index (χ4v) is 1.75. The van der Waals surface area contributed by atoms with E-state index in [0.29, 0.717) is 5.17 Å². The molecule has 4 N–H and O–H groups in total. The van der Waals surface area contributed by atoms with Gasteiger partial charge in [0.05, 0.1) is 0 Å². The lowest BCUT2D eigenvalue weighted by Crippen LogP contribution is -2.43. The quantitative estimate of drug-likeness (QED) is 0.597. The molecule has 0 atom stereocenters. The van der Waals surface area contributed by atoms with Crippen molar-refractivity contribution >= 4 is 32.9 Å². The summed E-state index contributed by atoms with van der Waals surface area (Å²) in [7, 11) is 0. The van der Waals surface area contributed by atoms with Gasteiger partial charge in [-0.15, -0.1) is 0 Å². The maximum absolute atomic E-state index is 5.32. The van der Waals surface area contributed by atoms with Crippen molar-refractivity contribution < 1.29 is 5.41 Å². The highest BCUT2D eigenvalue weighted by atomic mass is 79.9. The third kappa shape index (κ3) is 3.28. The molecule has 1 aromatic rings. The first-order valence-corrected chi connectivity index (χ1v) is 5.21. The standard InChI is InChI=1S/C8H9BrN2S/c9-7-3-1-2-6(4-7)5-12-8(10)11/h1-4H,5H2,(H3,10,11)/p+1. The molecule has 0 unspecified atom stereocenters. The first kappa shape index (κ1) is 9.61. The minimum Gasteiger partial charge on any atom is -0.282 e. The second kappa shape index (κ2) is 4.52. The van der Waals surface area contributed by atoms with Gasteiger partial charge in [-0.3, -0.25) is 11.1 Å². The van der Waals surface area contributed by atoms with Gasteiger partial charge in [0.15, 0.2) is 0 Å². The number of hydrogen-bond donors (Lipinski definition) is 2. The maximum atomic E-state index is 5.32. The number of benzene rings is 1. The van der Waals surface area contributed by atoms with Crippen molar-refractivity contribution in [3.63, 3.8) is 0 Å². The van der Waals surface area contributed by atoms with Crippen LogP contribution in [-0.4, -0.2) is 5.17 Å². The molecule has 0 aliphatic carbocycles. The molecule has 0 bridgehead atoms. The van der Waals surface area contributed by atoms with Crippen LogP contribution < -0.4 is 11.1 Å². The van der Waals surface area contributed by atoms with Gasteiger partial charge in [0.25, 0.3) is 5.17 Å². The molecule has 12 heavy (non-hydrogen) atoms. The van der Waals surface area contributed by atoms with Crippen LogP contribution in [-0.2, 0) is 5.75 Å². The van der Waals surface area contributed by atoms with Gasteiger partial charge in [-0.05, 0) is 29.5 Å². The molecule has 0 spiro atoms. The Labute approximate surface area is 84.2 Å². The van der Waals surface area contributed by atoms with Crippen LogP contribution >= 0.6 is 27.7 Å². The van der Waals surface area contributed by atoms with Crippen LogP contribution in [0.2, 0.25) is 0 Å². The van der Waals surface area contributed by atoms with E-state index >= 15 is 0 Å². The van der Waals surface area contributed by atoms with E-state index in [1.165, 1.54) is 17.3 Å². The molecule has 1 aromatic carbocycles. The third-order valence-corrected chi connectivity index (χ3v) is 2.60. The van der Waals surface area contributed by atoms with Gasteiger partial charge in [0, 0.05) is 10.2 Å². The van der Waals surface area contributed by atoms with Crippen LogP contribution in [0.3, 0.4) is 0 Å². The number of hydrogen-bond acceptors (Lipinski definition) is 1. The molecule has 0 aliphatic rings. The number of nitrogens with two attached hydrogens (primary N) is 2. The normalized spacial score (nSPS) is 9.75. The first-order valence-electron chi connectivity index (χ1n) is 3.43. The van der Waals surface area contributed by atoms with E-state index in [9.17, 15) is 0 Å². The minimum absolute atomic E-state index is 0.412. The molecular formula is C8H10BrN2S+. The van der Waals surface area contributed by atoms with Crippen molar-refractivity contribution in [1.29, 1.82) is 0 Å². The van der Waals surface area contributed by atoms with Crippen LogP contribution in [0.4, 0.5) is 0 Å². The number of halogens is 1. The van der Waals surface area contributed by atoms with Crippen LogP contribution in [0.5, 0.6) is 0 Å². The van der Waals surface area contributed by atoms with E-state index in [1.54, 1.807) is 0 Å². The summed E-state index contributed by atoms with van der Waals surface area (Å²) in [4.78, 5) is 0. The Morgan fingerprint density at radius 2 is 2.33 bits per heavy atom. The van der Waals surface area contributed by atoms with Crippen molar-refractivity contribution in [3.8, 4) is 0 Å². The molecule has 0 aliphatic heterocycles. The van der Waals surface area contributed by atoms with Crippen molar-refractivity contribution in [1.82, 2.24) is 0 Å². The van der Waals surface area contributed by atoms with E-state index in [4.69, 9.17) is 11.1 Å². The zero-order valence-corrected chi connectivity index (χ0v) is 8.86. The Kier molecular flexibility index (Phi) is 3.62. The van der Waals surface area contributed by atoms with Gasteiger partial charge in [-0.2, -0.15) is 0 Å². The maximum Gasteiger partial charge on any atom is 0.300 e. The van der Waals surface area contributed by atoms with Crippen molar-refractivity contribution in [2.24, 2.45) is 5.73 Å². The SMILES string of the molecule is NC(=[NH2+])SCc1cccc(Br)c1. The molecular weight excluding hydrogens is 236 g/mol. The molecule has 0 amide bonds. The monoisotopic (exact) mass is 245 g/mol. The second-order valence-electron chi connectivity index (χ2n) is 2.32. The molecule has 0 heterocycles. The van der Waals surface area contributed by atoms with Crippen molar-refractivity contribution in [2.75, 3.05) is 0 Å². The van der Waals surface area contributed by atoms with Crippen molar-refractivity contribution in [2.45, 2.75) is 5.75 Å². The smallest absolute Gasteiger partial charge is 0.282 e. The highest BCUT2D eigenvalue weighted by Gasteiger charge is 1.98. The predicted molar refractivity (Wildman–Crippen MR) is 56.6 cm³/mol. The average molecular weight is 246 g/mol. The summed E-state index contributed by atoms with van der Waals surface area (Å²) in [5.41, 5.74) is 6.53. The van der Waals surface area contributed by atoms with Crippen LogP contribution in [0, 0.1) is 0 Å². The fourth-order valence-electron chi connectivity index (χ4n) is 0.793.